The van der Waals surface area contributed by atoms with Crippen molar-refractivity contribution in [3.05, 3.63) is 0 Å². The monoisotopic (exact) mass is 280 g/mol. The molecule has 2 fully saturated rings. The summed E-state index contributed by atoms with van der Waals surface area (Å²) in [5.74, 6) is -0.784. The van der Waals surface area contributed by atoms with E-state index in [1.165, 1.54) is 6.42 Å². The maximum absolute atomic E-state index is 11.8. The molecule has 1 saturated carbocycles. The number of aliphatic carboxylic acids is 1. The van der Waals surface area contributed by atoms with Gasteiger partial charge in [-0.3, -0.25) is 0 Å². The number of aliphatic hydroxyl groups is 1. The van der Waals surface area contributed by atoms with E-state index in [0.717, 1.165) is 17.7 Å². The molecule has 2 atom stereocenters. The first-order valence-corrected chi connectivity index (χ1v) is 6.01. The van der Waals surface area contributed by atoms with Gasteiger partial charge in [0.2, 0.25) is 0 Å². The molecule has 2 rings (SSSR count). The summed E-state index contributed by atoms with van der Waals surface area (Å²) in [5, 5.41) is 22.9. The van der Waals surface area contributed by atoms with Crippen molar-refractivity contribution in [2.24, 2.45) is 5.92 Å². The molecule has 0 aromatic carbocycles. The summed E-state index contributed by atoms with van der Waals surface area (Å²) in [6, 6.07) is -1.42. The van der Waals surface area contributed by atoms with Crippen LogP contribution in [-0.2, 0) is 4.79 Å². The van der Waals surface area contributed by atoms with Crippen LogP contribution >= 0.6 is 0 Å². The Morgan fingerprint density at radius 3 is 2.56 bits per heavy atom. The Kier molecular flexibility index (Phi) is 6.56. The quantitative estimate of drug-likeness (QED) is 0.511. The second-order valence-corrected chi connectivity index (χ2v) is 4.86. The number of likely N-dealkylation sites (tertiary alicyclic amines) is 1. The second-order valence-electron chi connectivity index (χ2n) is 4.86. The summed E-state index contributed by atoms with van der Waals surface area (Å²) >= 11 is 0. The minimum Gasteiger partial charge on any atom is -0.548 e. The summed E-state index contributed by atoms with van der Waals surface area (Å²) in [4.78, 5) is 23.7. The van der Waals surface area contributed by atoms with E-state index >= 15 is 0 Å². The van der Waals surface area contributed by atoms with Gasteiger partial charge in [-0.05, 0) is 18.8 Å². The molecule has 2 amide bonds. The average molecular weight is 280 g/mol. The van der Waals surface area contributed by atoms with Crippen LogP contribution in [0.4, 0.5) is 4.79 Å². The number of carboxylic acids is 1. The molecular formula is C11H17KN2O4. The van der Waals surface area contributed by atoms with Crippen molar-refractivity contribution in [3.8, 4) is 0 Å². The van der Waals surface area contributed by atoms with Crippen molar-refractivity contribution >= 4 is 12.0 Å². The van der Waals surface area contributed by atoms with Gasteiger partial charge in [0, 0.05) is 19.5 Å². The maximum atomic E-state index is 11.8. The zero-order chi connectivity index (χ0) is 12.4. The molecule has 6 nitrogen and oxygen atoms in total. The minimum atomic E-state index is -1.31. The molecule has 18 heavy (non-hydrogen) atoms. The van der Waals surface area contributed by atoms with Gasteiger partial charge in [0.25, 0.3) is 0 Å². The predicted octanol–water partition coefficient (Wildman–Crippen LogP) is -4.31. The zero-order valence-electron chi connectivity index (χ0n) is 10.6. The molecule has 1 heterocycles. The molecule has 0 spiro atoms. The Balaban J connectivity index is 0.00000162. The Morgan fingerprint density at radius 2 is 2.06 bits per heavy atom. The number of amides is 2. The molecule has 96 valence electrons. The fourth-order valence-corrected chi connectivity index (χ4v) is 2.29. The van der Waals surface area contributed by atoms with E-state index < -0.39 is 24.1 Å². The number of carboxylic acid groups (broad SMARTS) is 1. The fraction of sp³-hybridized carbons (Fsp3) is 0.818. The summed E-state index contributed by atoms with van der Waals surface area (Å²) < 4.78 is 0. The molecule has 1 aliphatic carbocycles. The van der Waals surface area contributed by atoms with Gasteiger partial charge in [-0.25, -0.2) is 4.79 Å². The van der Waals surface area contributed by atoms with Crippen molar-refractivity contribution in [2.75, 3.05) is 13.1 Å². The van der Waals surface area contributed by atoms with Crippen LogP contribution in [0.5, 0.6) is 0 Å². The van der Waals surface area contributed by atoms with Gasteiger partial charge in [-0.1, -0.05) is 6.42 Å². The average Bonchev–Trinajstić information content (AvgIpc) is 2.58. The van der Waals surface area contributed by atoms with Crippen LogP contribution in [0, 0.1) is 5.92 Å². The Hall–Kier alpha value is 0.336. The topological polar surface area (TPSA) is 92.7 Å². The van der Waals surface area contributed by atoms with Crippen LogP contribution in [-0.4, -0.2) is 47.2 Å². The van der Waals surface area contributed by atoms with Crippen molar-refractivity contribution in [3.63, 3.8) is 0 Å². The molecule has 0 bridgehead atoms. The second kappa shape index (κ2) is 7.21. The van der Waals surface area contributed by atoms with E-state index in [4.69, 9.17) is 0 Å². The first-order valence-electron chi connectivity index (χ1n) is 6.01. The van der Waals surface area contributed by atoms with E-state index in [-0.39, 0.29) is 64.4 Å². The van der Waals surface area contributed by atoms with Crippen LogP contribution < -0.4 is 61.8 Å². The maximum Gasteiger partial charge on any atom is 1.00 e. The van der Waals surface area contributed by atoms with Crippen LogP contribution in [0.1, 0.15) is 25.7 Å². The molecule has 2 aliphatic rings. The first-order chi connectivity index (χ1) is 8.08. The van der Waals surface area contributed by atoms with Gasteiger partial charge >= 0.3 is 57.4 Å². The third-order valence-corrected chi connectivity index (χ3v) is 3.58. The van der Waals surface area contributed by atoms with Crippen molar-refractivity contribution in [1.29, 1.82) is 0 Å². The molecule has 7 heteroatoms. The van der Waals surface area contributed by atoms with Crippen LogP contribution in [0.2, 0.25) is 0 Å². The largest absolute Gasteiger partial charge is 1.00 e. The van der Waals surface area contributed by atoms with Gasteiger partial charge in [0.05, 0.1) is 18.1 Å². The number of nitrogens with one attached hydrogen (secondary N) is 1. The minimum absolute atomic E-state index is 0. The third-order valence-electron chi connectivity index (χ3n) is 3.58. The van der Waals surface area contributed by atoms with E-state index in [1.807, 2.05) is 0 Å². The van der Waals surface area contributed by atoms with E-state index in [9.17, 15) is 19.8 Å². The number of carbonyl (C=O) groups excluding carboxylic acids is 2. The number of hydrogen-bond acceptors (Lipinski definition) is 4. The summed E-state index contributed by atoms with van der Waals surface area (Å²) in [6.07, 6.45) is 2.72. The first kappa shape index (κ1) is 16.4. The number of nitrogens with zero attached hydrogens (tertiary/aromatic N) is 1. The van der Waals surface area contributed by atoms with Crippen LogP contribution in [0.25, 0.3) is 0 Å². The summed E-state index contributed by atoms with van der Waals surface area (Å²) in [5.41, 5.74) is 0. The third kappa shape index (κ3) is 3.91. The van der Waals surface area contributed by atoms with Crippen molar-refractivity contribution < 1.29 is 71.2 Å². The number of β-amino-alcohol motifs (C(OH)–C–C–N with tert-alkyl or cyclic N) is 1. The van der Waals surface area contributed by atoms with E-state index in [0.29, 0.717) is 12.5 Å². The molecular weight excluding hydrogens is 263 g/mol. The normalized spacial score (nSPS) is 27.3. The Morgan fingerprint density at radius 1 is 1.39 bits per heavy atom. The molecule has 0 aromatic rings. The van der Waals surface area contributed by atoms with Crippen molar-refractivity contribution in [2.45, 2.75) is 37.8 Å². The Bertz CT molecular complexity index is 322. The van der Waals surface area contributed by atoms with E-state index in [1.54, 1.807) is 0 Å². The van der Waals surface area contributed by atoms with Gasteiger partial charge < -0.3 is 25.2 Å². The predicted molar refractivity (Wildman–Crippen MR) is 56.9 cm³/mol. The van der Waals surface area contributed by atoms with Crippen molar-refractivity contribution in [1.82, 2.24) is 10.2 Å². The number of hydrogen-bond donors (Lipinski definition) is 2. The molecule has 2 N–H and O–H groups in total. The van der Waals surface area contributed by atoms with Gasteiger partial charge in [0.1, 0.15) is 0 Å². The summed E-state index contributed by atoms with van der Waals surface area (Å²) in [6.45, 7) is 0.653. The van der Waals surface area contributed by atoms with Gasteiger partial charge in [-0.2, -0.15) is 0 Å². The smallest absolute Gasteiger partial charge is 0.548 e. The standard InChI is InChI=1S/C11H18N2O4.K/c14-8-4-9(10(15)16)13(6-8)11(17)12-5-7-2-1-3-7;/h7-9,14H,1-6H2,(H,12,17)(H,15,16);/q;+1/p-1/t8-,9-;/m1./s1. The van der Waals surface area contributed by atoms with Gasteiger partial charge in [-0.15, -0.1) is 0 Å². The number of aliphatic hydroxyl groups excluding tert-OH is 1. The summed E-state index contributed by atoms with van der Waals surface area (Å²) in [7, 11) is 0. The number of carbonyl (C=O) groups is 2. The molecule has 0 unspecified atom stereocenters. The molecule has 1 saturated heterocycles. The fourth-order valence-electron chi connectivity index (χ4n) is 2.29. The SMILES string of the molecule is O=C([O-])[C@H]1C[C@@H](O)CN1C(=O)NCC1CCC1.[K+]. The molecule has 0 aromatic heterocycles. The van der Waals surface area contributed by atoms with Gasteiger partial charge in [0.15, 0.2) is 0 Å². The van der Waals surface area contributed by atoms with Crippen LogP contribution in [0.3, 0.4) is 0 Å². The number of rotatable bonds is 3. The number of urea groups is 1. The zero-order valence-corrected chi connectivity index (χ0v) is 13.7. The van der Waals surface area contributed by atoms with E-state index in [2.05, 4.69) is 5.32 Å². The van der Waals surface area contributed by atoms with Crippen LogP contribution in [0.15, 0.2) is 0 Å². The Labute approximate surface area is 149 Å². The molecule has 0 radical (unpaired) electrons. The molecule has 1 aliphatic heterocycles.